The van der Waals surface area contributed by atoms with Gasteiger partial charge in [0.05, 0.1) is 18.5 Å². The summed E-state index contributed by atoms with van der Waals surface area (Å²) in [7, 11) is 1.46. The lowest BCUT2D eigenvalue weighted by Crippen LogP contribution is -2.17. The molecule has 0 aliphatic carbocycles. The molecule has 0 fully saturated rings. The lowest BCUT2D eigenvalue weighted by Gasteiger charge is -2.05. The average molecular weight is 194 g/mol. The summed E-state index contributed by atoms with van der Waals surface area (Å²) in [6.45, 7) is -0.145. The third kappa shape index (κ3) is 6.60. The van der Waals surface area contributed by atoms with Gasteiger partial charge in [0, 0.05) is 12.9 Å². The van der Waals surface area contributed by atoms with E-state index in [2.05, 4.69) is 4.74 Å². The van der Waals surface area contributed by atoms with Crippen LogP contribution in [0.3, 0.4) is 0 Å². The van der Waals surface area contributed by atoms with Crippen LogP contribution in [-0.2, 0) is 9.53 Å². The Hall–Kier alpha value is -0.100. The van der Waals surface area contributed by atoms with Gasteiger partial charge in [0.1, 0.15) is 6.61 Å². The Morgan fingerprint density at radius 1 is 1.67 bits per heavy atom. The molecule has 5 heteroatoms. The highest BCUT2D eigenvalue weighted by Gasteiger charge is 2.04. The molecule has 0 amide bonds. The van der Waals surface area contributed by atoms with E-state index < -0.39 is 6.10 Å². The number of Topliss-reactive ketones (excluding diaryl/α,β-unsaturated/α-hetero) is 1. The number of rotatable bonds is 7. The molecule has 12 heavy (non-hydrogen) atoms. The van der Waals surface area contributed by atoms with Gasteiger partial charge >= 0.3 is 0 Å². The average Bonchev–Trinajstić information content (AvgIpc) is 2.04. The molecule has 0 heterocycles. The first-order chi connectivity index (χ1) is 5.70. The molecule has 0 aliphatic heterocycles. The Kier molecular flexibility index (Phi) is 7.48. The zero-order chi connectivity index (χ0) is 9.40. The normalized spacial score (nSPS) is 12.9. The number of hydrogen-bond donors (Lipinski definition) is 2. The maximum atomic E-state index is 10.8. The number of aliphatic hydroxyl groups excluding tert-OH is 2. The predicted molar refractivity (Wildman–Crippen MR) is 47.3 cm³/mol. The number of carbonyl (C=O) groups is 1. The summed E-state index contributed by atoms with van der Waals surface area (Å²) in [6, 6.07) is 0. The van der Waals surface area contributed by atoms with Gasteiger partial charge in [0.15, 0.2) is 5.78 Å². The quantitative estimate of drug-likeness (QED) is 0.560. The topological polar surface area (TPSA) is 66.8 Å². The van der Waals surface area contributed by atoms with E-state index in [9.17, 15) is 4.79 Å². The smallest absolute Gasteiger partial charge is 0.168 e. The van der Waals surface area contributed by atoms with Crippen LogP contribution in [0.15, 0.2) is 0 Å². The van der Waals surface area contributed by atoms with Gasteiger partial charge in [-0.1, -0.05) is 0 Å². The molecule has 0 rings (SSSR count). The molecule has 0 saturated heterocycles. The third-order valence-electron chi connectivity index (χ3n) is 1.09. The van der Waals surface area contributed by atoms with Crippen molar-refractivity contribution in [2.24, 2.45) is 0 Å². The minimum Gasteiger partial charge on any atom is -0.394 e. The minimum atomic E-state index is -0.731. The van der Waals surface area contributed by atoms with E-state index >= 15 is 0 Å². The molecule has 0 aromatic rings. The summed E-state index contributed by atoms with van der Waals surface area (Å²) in [5.41, 5.74) is 0. The number of aliphatic hydroxyl groups is 2. The SMILES string of the molecule is COCC(=O)CSCC(O)CO. The Labute approximate surface area is 75.9 Å². The Bertz CT molecular complexity index is 129. The minimum absolute atomic E-state index is 0.00682. The second-order valence-electron chi connectivity index (χ2n) is 2.32. The number of ether oxygens (including phenoxy) is 1. The van der Waals surface area contributed by atoms with Crippen molar-refractivity contribution in [1.82, 2.24) is 0 Å². The van der Waals surface area contributed by atoms with Crippen LogP contribution in [0, 0.1) is 0 Å². The van der Waals surface area contributed by atoms with Crippen molar-refractivity contribution >= 4 is 17.5 Å². The number of ketones is 1. The van der Waals surface area contributed by atoms with E-state index in [4.69, 9.17) is 10.2 Å². The predicted octanol–water partition coefficient (Wildman–Crippen LogP) is -0.712. The maximum absolute atomic E-state index is 10.8. The molecule has 2 N–H and O–H groups in total. The van der Waals surface area contributed by atoms with Crippen molar-refractivity contribution in [3.8, 4) is 0 Å². The van der Waals surface area contributed by atoms with Gasteiger partial charge in [0.25, 0.3) is 0 Å². The second kappa shape index (κ2) is 7.54. The monoisotopic (exact) mass is 194 g/mol. The van der Waals surface area contributed by atoms with Crippen molar-refractivity contribution < 1.29 is 19.7 Å². The van der Waals surface area contributed by atoms with Crippen molar-refractivity contribution in [3.05, 3.63) is 0 Å². The van der Waals surface area contributed by atoms with E-state index in [-0.39, 0.29) is 19.0 Å². The molecule has 0 aliphatic rings. The van der Waals surface area contributed by atoms with Crippen LogP contribution >= 0.6 is 11.8 Å². The zero-order valence-corrected chi connectivity index (χ0v) is 7.84. The van der Waals surface area contributed by atoms with Crippen molar-refractivity contribution in [3.63, 3.8) is 0 Å². The van der Waals surface area contributed by atoms with Gasteiger partial charge in [0.2, 0.25) is 0 Å². The van der Waals surface area contributed by atoms with Crippen molar-refractivity contribution in [2.45, 2.75) is 6.10 Å². The van der Waals surface area contributed by atoms with Gasteiger partial charge < -0.3 is 14.9 Å². The lowest BCUT2D eigenvalue weighted by molar-refractivity contribution is -0.120. The van der Waals surface area contributed by atoms with Crippen LogP contribution in [0.2, 0.25) is 0 Å². The molecule has 0 saturated carbocycles. The fourth-order valence-corrected chi connectivity index (χ4v) is 1.37. The van der Waals surface area contributed by atoms with Gasteiger partial charge in [-0.2, -0.15) is 11.8 Å². The molecular formula is C7H14O4S. The van der Waals surface area contributed by atoms with Gasteiger partial charge in [-0.05, 0) is 0 Å². The van der Waals surface area contributed by atoms with Crippen LogP contribution in [0.5, 0.6) is 0 Å². The summed E-state index contributed by atoms with van der Waals surface area (Å²) >= 11 is 1.29. The Morgan fingerprint density at radius 3 is 2.83 bits per heavy atom. The van der Waals surface area contributed by atoms with Crippen molar-refractivity contribution in [2.75, 3.05) is 31.8 Å². The van der Waals surface area contributed by atoms with Crippen LogP contribution in [0.25, 0.3) is 0 Å². The molecule has 0 radical (unpaired) electrons. The Balaban J connectivity index is 3.24. The summed E-state index contributed by atoms with van der Waals surface area (Å²) in [5.74, 6) is 0.698. The maximum Gasteiger partial charge on any atom is 0.168 e. The van der Waals surface area contributed by atoms with Crippen molar-refractivity contribution in [1.29, 1.82) is 0 Å². The van der Waals surface area contributed by atoms with Crippen LogP contribution < -0.4 is 0 Å². The lowest BCUT2D eigenvalue weighted by atomic mass is 10.4. The summed E-state index contributed by atoms with van der Waals surface area (Å²) in [6.07, 6.45) is -0.731. The zero-order valence-electron chi connectivity index (χ0n) is 7.02. The van der Waals surface area contributed by atoms with E-state index in [0.29, 0.717) is 11.5 Å². The van der Waals surface area contributed by atoms with Crippen LogP contribution in [0.4, 0.5) is 0 Å². The molecule has 1 unspecified atom stereocenters. The fourth-order valence-electron chi connectivity index (χ4n) is 0.564. The van der Waals surface area contributed by atoms with Gasteiger partial charge in [-0.15, -0.1) is 0 Å². The highest BCUT2D eigenvalue weighted by atomic mass is 32.2. The fraction of sp³-hybridized carbons (Fsp3) is 0.857. The number of hydrogen-bond acceptors (Lipinski definition) is 5. The molecule has 4 nitrogen and oxygen atoms in total. The number of thioether (sulfide) groups is 1. The van der Waals surface area contributed by atoms with E-state index in [1.54, 1.807) is 0 Å². The van der Waals surface area contributed by atoms with Gasteiger partial charge in [-0.3, -0.25) is 4.79 Å². The molecule has 0 aromatic heterocycles. The van der Waals surface area contributed by atoms with E-state index in [0.717, 1.165) is 0 Å². The van der Waals surface area contributed by atoms with Crippen LogP contribution in [0.1, 0.15) is 0 Å². The highest BCUT2D eigenvalue weighted by Crippen LogP contribution is 2.02. The first-order valence-electron chi connectivity index (χ1n) is 3.58. The number of carbonyl (C=O) groups excluding carboxylic acids is 1. The molecule has 0 spiro atoms. The molecule has 1 atom stereocenters. The molecule has 0 aromatic carbocycles. The van der Waals surface area contributed by atoms with E-state index in [1.807, 2.05) is 0 Å². The first-order valence-corrected chi connectivity index (χ1v) is 4.73. The third-order valence-corrected chi connectivity index (χ3v) is 2.24. The van der Waals surface area contributed by atoms with Gasteiger partial charge in [-0.25, -0.2) is 0 Å². The molecule has 0 bridgehead atoms. The standard InChI is InChI=1S/C7H14O4S/c1-11-3-7(10)5-12-4-6(9)2-8/h6,8-9H,2-5H2,1H3. The second-order valence-corrected chi connectivity index (χ2v) is 3.35. The summed E-state index contributed by atoms with van der Waals surface area (Å²) < 4.78 is 4.61. The summed E-state index contributed by atoms with van der Waals surface area (Å²) in [5, 5.41) is 17.3. The summed E-state index contributed by atoms with van der Waals surface area (Å²) in [4.78, 5) is 10.8. The van der Waals surface area contributed by atoms with E-state index in [1.165, 1.54) is 18.9 Å². The largest absolute Gasteiger partial charge is 0.394 e. The highest BCUT2D eigenvalue weighted by molar-refractivity contribution is 8.00. The molecular weight excluding hydrogens is 180 g/mol. The number of methoxy groups -OCH3 is 1. The van der Waals surface area contributed by atoms with Crippen LogP contribution in [-0.4, -0.2) is 53.9 Å². The molecule has 72 valence electrons. The first kappa shape index (κ1) is 11.9. The Morgan fingerprint density at radius 2 is 2.33 bits per heavy atom.